The number of hydrogen-bond donors (Lipinski definition) is 1. The standard InChI is InChI=1S/C8H14N4S/c1-6-10-11-8(13-6)12-4-2-3-7(9)5-12/h7H,2-5,9H2,1H3/t7-/m1/s1. The molecule has 5 heteroatoms. The summed E-state index contributed by atoms with van der Waals surface area (Å²) < 4.78 is 0. The van der Waals surface area contributed by atoms with Gasteiger partial charge in [0.15, 0.2) is 0 Å². The second-order valence-corrected chi connectivity index (χ2v) is 4.61. The van der Waals surface area contributed by atoms with Crippen molar-refractivity contribution in [2.24, 2.45) is 5.73 Å². The van der Waals surface area contributed by atoms with Crippen molar-refractivity contribution in [1.82, 2.24) is 10.2 Å². The highest BCUT2D eigenvalue weighted by Crippen LogP contribution is 2.22. The number of aromatic nitrogens is 2. The maximum atomic E-state index is 5.88. The first-order valence-corrected chi connectivity index (χ1v) is 5.38. The van der Waals surface area contributed by atoms with E-state index in [1.165, 1.54) is 6.42 Å². The van der Waals surface area contributed by atoms with E-state index in [1.807, 2.05) is 6.92 Å². The average Bonchev–Trinajstić information content (AvgIpc) is 2.52. The molecule has 1 aromatic rings. The minimum atomic E-state index is 0.304. The van der Waals surface area contributed by atoms with Crippen LogP contribution in [0.25, 0.3) is 0 Å². The summed E-state index contributed by atoms with van der Waals surface area (Å²) >= 11 is 1.64. The predicted molar refractivity (Wildman–Crippen MR) is 54.1 cm³/mol. The van der Waals surface area contributed by atoms with Crippen molar-refractivity contribution in [2.75, 3.05) is 18.0 Å². The van der Waals surface area contributed by atoms with E-state index in [2.05, 4.69) is 15.1 Å². The van der Waals surface area contributed by atoms with Gasteiger partial charge in [0.2, 0.25) is 5.13 Å². The van der Waals surface area contributed by atoms with Crippen LogP contribution in [0.3, 0.4) is 0 Å². The van der Waals surface area contributed by atoms with Gasteiger partial charge in [0.05, 0.1) is 0 Å². The Hall–Kier alpha value is -0.680. The van der Waals surface area contributed by atoms with Gasteiger partial charge in [0, 0.05) is 19.1 Å². The van der Waals surface area contributed by atoms with E-state index >= 15 is 0 Å². The van der Waals surface area contributed by atoms with Crippen molar-refractivity contribution in [2.45, 2.75) is 25.8 Å². The third kappa shape index (κ3) is 1.97. The zero-order valence-electron chi connectivity index (χ0n) is 7.73. The molecule has 0 radical (unpaired) electrons. The van der Waals surface area contributed by atoms with E-state index in [0.29, 0.717) is 6.04 Å². The molecule has 4 nitrogen and oxygen atoms in total. The third-order valence-corrected chi connectivity index (χ3v) is 3.14. The van der Waals surface area contributed by atoms with Crippen molar-refractivity contribution in [3.8, 4) is 0 Å². The number of aryl methyl sites for hydroxylation is 1. The number of anilines is 1. The van der Waals surface area contributed by atoms with E-state index < -0.39 is 0 Å². The van der Waals surface area contributed by atoms with E-state index in [4.69, 9.17) is 5.73 Å². The highest BCUT2D eigenvalue weighted by Gasteiger charge is 2.19. The Morgan fingerprint density at radius 1 is 1.54 bits per heavy atom. The van der Waals surface area contributed by atoms with Crippen LogP contribution < -0.4 is 10.6 Å². The fourth-order valence-corrected chi connectivity index (χ4v) is 2.32. The van der Waals surface area contributed by atoms with Crippen LogP contribution in [0.5, 0.6) is 0 Å². The zero-order chi connectivity index (χ0) is 9.26. The molecule has 0 aromatic carbocycles. The summed E-state index contributed by atoms with van der Waals surface area (Å²) in [5.74, 6) is 0. The molecule has 0 spiro atoms. The van der Waals surface area contributed by atoms with Crippen LogP contribution in [-0.2, 0) is 0 Å². The Labute approximate surface area is 81.8 Å². The maximum Gasteiger partial charge on any atom is 0.208 e. The summed E-state index contributed by atoms with van der Waals surface area (Å²) in [5.41, 5.74) is 5.88. The van der Waals surface area contributed by atoms with Crippen LogP contribution in [0.4, 0.5) is 5.13 Å². The van der Waals surface area contributed by atoms with Gasteiger partial charge < -0.3 is 10.6 Å². The molecule has 1 fully saturated rings. The first-order chi connectivity index (χ1) is 6.25. The zero-order valence-corrected chi connectivity index (χ0v) is 8.55. The summed E-state index contributed by atoms with van der Waals surface area (Å²) in [6, 6.07) is 0.304. The van der Waals surface area contributed by atoms with Crippen molar-refractivity contribution in [3.05, 3.63) is 5.01 Å². The van der Waals surface area contributed by atoms with Gasteiger partial charge in [0.1, 0.15) is 5.01 Å². The lowest BCUT2D eigenvalue weighted by Gasteiger charge is -2.29. The topological polar surface area (TPSA) is 55.0 Å². The molecule has 2 N–H and O–H groups in total. The molecule has 0 unspecified atom stereocenters. The molecule has 1 aromatic heterocycles. The molecule has 1 aliphatic heterocycles. The monoisotopic (exact) mass is 198 g/mol. The second kappa shape index (κ2) is 3.59. The molecule has 0 amide bonds. The number of hydrogen-bond acceptors (Lipinski definition) is 5. The van der Waals surface area contributed by atoms with Gasteiger partial charge in [-0.25, -0.2) is 0 Å². The molecule has 0 saturated carbocycles. The second-order valence-electron chi connectivity index (χ2n) is 3.45. The van der Waals surface area contributed by atoms with Gasteiger partial charge in [-0.15, -0.1) is 10.2 Å². The lowest BCUT2D eigenvalue weighted by molar-refractivity contribution is 0.504. The van der Waals surface area contributed by atoms with E-state index in [9.17, 15) is 0 Å². The first-order valence-electron chi connectivity index (χ1n) is 4.56. The Kier molecular flexibility index (Phi) is 2.46. The van der Waals surface area contributed by atoms with Crippen LogP contribution in [0, 0.1) is 6.92 Å². The van der Waals surface area contributed by atoms with Gasteiger partial charge in [-0.3, -0.25) is 0 Å². The lowest BCUT2D eigenvalue weighted by atomic mass is 10.1. The highest BCUT2D eigenvalue weighted by atomic mass is 32.1. The number of rotatable bonds is 1. The molecule has 0 aliphatic carbocycles. The minimum Gasteiger partial charge on any atom is -0.345 e. The molecule has 1 saturated heterocycles. The molecule has 2 rings (SSSR count). The Balaban J connectivity index is 2.08. The third-order valence-electron chi connectivity index (χ3n) is 2.24. The normalized spacial score (nSPS) is 23.5. The van der Waals surface area contributed by atoms with Crippen LogP contribution in [0.2, 0.25) is 0 Å². The molecule has 2 heterocycles. The summed E-state index contributed by atoms with van der Waals surface area (Å²) in [7, 11) is 0. The highest BCUT2D eigenvalue weighted by molar-refractivity contribution is 7.15. The van der Waals surface area contributed by atoms with Gasteiger partial charge in [-0.2, -0.15) is 0 Å². The van der Waals surface area contributed by atoms with Crippen molar-refractivity contribution < 1.29 is 0 Å². The van der Waals surface area contributed by atoms with E-state index in [0.717, 1.165) is 29.6 Å². The Morgan fingerprint density at radius 2 is 2.38 bits per heavy atom. The molecule has 1 aliphatic rings. The predicted octanol–water partition coefficient (Wildman–Crippen LogP) is 0.774. The van der Waals surface area contributed by atoms with Gasteiger partial charge in [-0.1, -0.05) is 11.3 Å². The largest absolute Gasteiger partial charge is 0.345 e. The molecular formula is C8H14N4S. The SMILES string of the molecule is Cc1nnc(N2CCC[C@@H](N)C2)s1. The van der Waals surface area contributed by atoms with E-state index in [1.54, 1.807) is 11.3 Å². The van der Waals surface area contributed by atoms with Crippen LogP contribution in [0.15, 0.2) is 0 Å². The van der Waals surface area contributed by atoms with Gasteiger partial charge >= 0.3 is 0 Å². The average molecular weight is 198 g/mol. The fourth-order valence-electron chi connectivity index (χ4n) is 1.60. The Morgan fingerprint density at radius 3 is 3.00 bits per heavy atom. The smallest absolute Gasteiger partial charge is 0.208 e. The van der Waals surface area contributed by atoms with Crippen molar-refractivity contribution in [1.29, 1.82) is 0 Å². The van der Waals surface area contributed by atoms with Crippen molar-refractivity contribution in [3.63, 3.8) is 0 Å². The number of nitrogens with two attached hydrogens (primary N) is 1. The first kappa shape index (κ1) is 8.90. The quantitative estimate of drug-likeness (QED) is 0.724. The van der Waals surface area contributed by atoms with Crippen LogP contribution in [0.1, 0.15) is 17.8 Å². The minimum absolute atomic E-state index is 0.304. The van der Waals surface area contributed by atoms with Crippen molar-refractivity contribution >= 4 is 16.5 Å². The van der Waals surface area contributed by atoms with Gasteiger partial charge in [-0.05, 0) is 19.8 Å². The number of piperidine rings is 1. The molecule has 72 valence electrons. The van der Waals surface area contributed by atoms with Crippen LogP contribution >= 0.6 is 11.3 Å². The summed E-state index contributed by atoms with van der Waals surface area (Å²) in [4.78, 5) is 2.23. The summed E-state index contributed by atoms with van der Waals surface area (Å²) in [6.45, 7) is 3.97. The van der Waals surface area contributed by atoms with Gasteiger partial charge in [0.25, 0.3) is 0 Å². The van der Waals surface area contributed by atoms with Crippen LogP contribution in [-0.4, -0.2) is 29.3 Å². The number of nitrogens with zero attached hydrogens (tertiary/aromatic N) is 3. The molecule has 13 heavy (non-hydrogen) atoms. The Bertz CT molecular complexity index is 285. The summed E-state index contributed by atoms with van der Waals surface area (Å²) in [6.07, 6.45) is 2.30. The van der Waals surface area contributed by atoms with E-state index in [-0.39, 0.29) is 0 Å². The fraction of sp³-hybridized carbons (Fsp3) is 0.750. The lowest BCUT2D eigenvalue weighted by Crippen LogP contribution is -2.42. The molecule has 0 bridgehead atoms. The maximum absolute atomic E-state index is 5.88. The molecule has 1 atom stereocenters. The summed E-state index contributed by atoms with van der Waals surface area (Å²) in [5, 5.41) is 10.2. The molecular weight excluding hydrogens is 184 g/mol.